The molecule has 28 heavy (non-hydrogen) atoms. The second kappa shape index (κ2) is 12.1. The van der Waals surface area contributed by atoms with Crippen molar-refractivity contribution in [1.29, 1.82) is 0 Å². The summed E-state index contributed by atoms with van der Waals surface area (Å²) in [7, 11) is 0. The molecule has 1 aromatic carbocycles. The number of carbonyl (C=O) groups is 1. The summed E-state index contributed by atoms with van der Waals surface area (Å²) in [5.41, 5.74) is 0.868. The molecule has 0 aliphatic heterocycles. The zero-order valence-corrected chi connectivity index (χ0v) is 17.3. The molecule has 0 bridgehead atoms. The minimum Gasteiger partial charge on any atom is -0.490 e. The molecule has 0 amide bonds. The Hall–Kier alpha value is -2.43. The predicted octanol–water partition coefficient (Wildman–Crippen LogP) is 5.83. The smallest absolute Gasteiger partial charge is 0.311 e. The molecule has 5 nitrogen and oxygen atoms in total. The van der Waals surface area contributed by atoms with Crippen LogP contribution in [0.1, 0.15) is 65.7 Å². The zero-order valence-electron chi connectivity index (χ0n) is 17.3. The highest BCUT2D eigenvalue weighted by molar-refractivity contribution is 5.72. The minimum atomic E-state index is -0.199. The van der Waals surface area contributed by atoms with Crippen molar-refractivity contribution < 1.29 is 14.3 Å². The Morgan fingerprint density at radius 2 is 1.64 bits per heavy atom. The van der Waals surface area contributed by atoms with Crippen LogP contribution < -0.4 is 9.47 Å². The Morgan fingerprint density at radius 3 is 2.29 bits per heavy atom. The molecule has 0 aliphatic carbocycles. The maximum Gasteiger partial charge on any atom is 0.311 e. The van der Waals surface area contributed by atoms with Crippen molar-refractivity contribution >= 4 is 5.97 Å². The number of ether oxygens (including phenoxy) is 2. The maximum atomic E-state index is 11.9. The van der Waals surface area contributed by atoms with Crippen molar-refractivity contribution in [3.63, 3.8) is 0 Å². The van der Waals surface area contributed by atoms with Gasteiger partial charge >= 0.3 is 5.97 Å². The Labute approximate surface area is 168 Å². The minimum absolute atomic E-state index is 0.199. The van der Waals surface area contributed by atoms with Gasteiger partial charge in [-0.3, -0.25) is 4.79 Å². The van der Waals surface area contributed by atoms with Gasteiger partial charge in [0.05, 0.1) is 19.0 Å². The summed E-state index contributed by atoms with van der Waals surface area (Å²) in [5.74, 6) is 1.98. The van der Waals surface area contributed by atoms with Crippen LogP contribution in [0.15, 0.2) is 36.7 Å². The third-order valence-corrected chi connectivity index (χ3v) is 4.70. The summed E-state index contributed by atoms with van der Waals surface area (Å²) >= 11 is 0. The second-order valence-corrected chi connectivity index (χ2v) is 7.22. The molecule has 0 N–H and O–H groups in total. The van der Waals surface area contributed by atoms with E-state index in [0.29, 0.717) is 36.3 Å². The number of esters is 1. The van der Waals surface area contributed by atoms with E-state index in [0.717, 1.165) is 18.4 Å². The molecular formula is C23H32N2O3. The maximum absolute atomic E-state index is 11.9. The Bertz CT molecular complexity index is 699. The fourth-order valence-electron chi connectivity index (χ4n) is 2.71. The summed E-state index contributed by atoms with van der Waals surface area (Å²) in [6, 6.07) is 7.26. The molecule has 1 atom stereocenters. The topological polar surface area (TPSA) is 61.3 Å². The normalized spacial score (nSPS) is 11.8. The van der Waals surface area contributed by atoms with Crippen LogP contribution in [-0.4, -0.2) is 22.5 Å². The van der Waals surface area contributed by atoms with Gasteiger partial charge in [0.25, 0.3) is 0 Å². The van der Waals surface area contributed by atoms with E-state index in [9.17, 15) is 4.79 Å². The lowest BCUT2D eigenvalue weighted by atomic mass is 10.1. The van der Waals surface area contributed by atoms with Crippen molar-refractivity contribution in [2.24, 2.45) is 5.92 Å². The summed E-state index contributed by atoms with van der Waals surface area (Å²) in [6.45, 7) is 7.02. The van der Waals surface area contributed by atoms with E-state index in [2.05, 4.69) is 23.8 Å². The van der Waals surface area contributed by atoms with Gasteiger partial charge in [-0.1, -0.05) is 52.9 Å². The zero-order chi connectivity index (χ0) is 20.2. The molecular weight excluding hydrogens is 352 g/mol. The van der Waals surface area contributed by atoms with Crippen LogP contribution in [-0.2, 0) is 4.79 Å². The fraction of sp³-hybridized carbons (Fsp3) is 0.522. The van der Waals surface area contributed by atoms with Gasteiger partial charge in [-0.15, -0.1) is 0 Å². The van der Waals surface area contributed by atoms with Crippen LogP contribution in [0.5, 0.6) is 11.5 Å². The number of nitrogens with zero attached hydrogens (tertiary/aromatic N) is 2. The SMILES string of the molecule is CCCCCCCOc1cnc(-c2ccc(OC(=O)CC(C)CC)cc2)nc1. The molecule has 0 fully saturated rings. The third kappa shape index (κ3) is 7.67. The Balaban J connectivity index is 1.82. The largest absolute Gasteiger partial charge is 0.490 e. The molecule has 1 unspecified atom stereocenters. The van der Waals surface area contributed by atoms with Gasteiger partial charge in [-0.05, 0) is 36.6 Å². The molecule has 1 aromatic heterocycles. The van der Waals surface area contributed by atoms with Crippen molar-refractivity contribution in [1.82, 2.24) is 9.97 Å². The van der Waals surface area contributed by atoms with E-state index in [1.165, 1.54) is 25.7 Å². The standard InChI is InChI=1S/C23H32N2O3/c1-4-6-7-8-9-14-27-21-16-24-23(25-17-21)19-10-12-20(13-11-19)28-22(26)15-18(3)5-2/h10-13,16-18H,4-9,14-15H2,1-3H3. The van der Waals surface area contributed by atoms with Crippen LogP contribution in [0.25, 0.3) is 11.4 Å². The summed E-state index contributed by atoms with van der Waals surface area (Å²) in [4.78, 5) is 20.6. The molecule has 5 heteroatoms. The first-order valence-corrected chi connectivity index (χ1v) is 10.4. The quantitative estimate of drug-likeness (QED) is 0.261. The van der Waals surface area contributed by atoms with E-state index < -0.39 is 0 Å². The van der Waals surface area contributed by atoms with E-state index in [4.69, 9.17) is 9.47 Å². The van der Waals surface area contributed by atoms with Gasteiger partial charge in [0.1, 0.15) is 5.75 Å². The molecule has 152 valence electrons. The number of rotatable bonds is 12. The average molecular weight is 385 g/mol. The number of benzene rings is 1. The molecule has 0 aliphatic rings. The molecule has 1 heterocycles. The van der Waals surface area contributed by atoms with E-state index in [1.54, 1.807) is 24.5 Å². The van der Waals surface area contributed by atoms with Crippen molar-refractivity contribution in [2.75, 3.05) is 6.61 Å². The predicted molar refractivity (Wildman–Crippen MR) is 111 cm³/mol. The lowest BCUT2D eigenvalue weighted by molar-refractivity contribution is -0.135. The van der Waals surface area contributed by atoms with Gasteiger partial charge in [-0.25, -0.2) is 9.97 Å². The molecule has 0 spiro atoms. The van der Waals surface area contributed by atoms with Crippen LogP contribution in [0.2, 0.25) is 0 Å². The summed E-state index contributed by atoms with van der Waals surface area (Å²) in [5, 5.41) is 0. The van der Waals surface area contributed by atoms with Crippen LogP contribution in [0.3, 0.4) is 0 Å². The number of hydrogen-bond donors (Lipinski definition) is 0. The first-order valence-electron chi connectivity index (χ1n) is 10.4. The molecule has 0 saturated carbocycles. The van der Waals surface area contributed by atoms with Crippen LogP contribution in [0.4, 0.5) is 0 Å². The first kappa shape index (κ1) is 21.9. The first-order chi connectivity index (χ1) is 13.6. The van der Waals surface area contributed by atoms with Crippen molar-refractivity contribution in [3.8, 4) is 22.9 Å². The lowest BCUT2D eigenvalue weighted by Crippen LogP contribution is -2.11. The van der Waals surface area contributed by atoms with E-state index in [-0.39, 0.29) is 5.97 Å². The van der Waals surface area contributed by atoms with E-state index >= 15 is 0 Å². The van der Waals surface area contributed by atoms with Crippen LogP contribution in [0, 0.1) is 5.92 Å². The Morgan fingerprint density at radius 1 is 0.964 bits per heavy atom. The highest BCUT2D eigenvalue weighted by Crippen LogP contribution is 2.21. The van der Waals surface area contributed by atoms with Gasteiger partial charge in [0, 0.05) is 12.0 Å². The van der Waals surface area contributed by atoms with Gasteiger partial charge in [0.2, 0.25) is 0 Å². The molecule has 0 saturated heterocycles. The second-order valence-electron chi connectivity index (χ2n) is 7.22. The fourth-order valence-corrected chi connectivity index (χ4v) is 2.71. The molecule has 0 radical (unpaired) electrons. The monoisotopic (exact) mass is 384 g/mol. The van der Waals surface area contributed by atoms with Crippen molar-refractivity contribution in [2.45, 2.75) is 65.7 Å². The highest BCUT2D eigenvalue weighted by Gasteiger charge is 2.10. The highest BCUT2D eigenvalue weighted by atomic mass is 16.5. The number of hydrogen-bond acceptors (Lipinski definition) is 5. The Kier molecular flexibility index (Phi) is 9.46. The average Bonchev–Trinajstić information content (AvgIpc) is 2.71. The number of carbonyl (C=O) groups excluding carboxylic acids is 1. The van der Waals surface area contributed by atoms with E-state index in [1.807, 2.05) is 19.1 Å². The lowest BCUT2D eigenvalue weighted by Gasteiger charge is -2.09. The van der Waals surface area contributed by atoms with Gasteiger partial charge in [0.15, 0.2) is 11.6 Å². The molecule has 2 aromatic rings. The summed E-state index contributed by atoms with van der Waals surface area (Å²) in [6.07, 6.45) is 10.8. The number of aromatic nitrogens is 2. The van der Waals surface area contributed by atoms with Crippen LogP contribution >= 0.6 is 0 Å². The third-order valence-electron chi connectivity index (χ3n) is 4.70. The van der Waals surface area contributed by atoms with Gasteiger partial charge in [-0.2, -0.15) is 0 Å². The summed E-state index contributed by atoms with van der Waals surface area (Å²) < 4.78 is 11.1. The van der Waals surface area contributed by atoms with Crippen molar-refractivity contribution in [3.05, 3.63) is 36.7 Å². The van der Waals surface area contributed by atoms with Gasteiger partial charge < -0.3 is 9.47 Å². The number of unbranched alkanes of at least 4 members (excludes halogenated alkanes) is 4. The molecule has 2 rings (SSSR count).